The molecule has 33 heavy (non-hydrogen) atoms. The van der Waals surface area contributed by atoms with Gasteiger partial charge in [0.15, 0.2) is 5.60 Å². The van der Waals surface area contributed by atoms with Crippen LogP contribution in [0, 0.1) is 6.92 Å². The van der Waals surface area contributed by atoms with Gasteiger partial charge in [-0.25, -0.2) is 4.79 Å². The second-order valence-electron chi connectivity index (χ2n) is 7.65. The van der Waals surface area contributed by atoms with Gasteiger partial charge in [0.2, 0.25) is 0 Å². The minimum atomic E-state index is -4.97. The zero-order valence-corrected chi connectivity index (χ0v) is 18.5. The van der Waals surface area contributed by atoms with E-state index >= 15 is 0 Å². The van der Waals surface area contributed by atoms with Crippen LogP contribution < -0.4 is 4.74 Å². The monoisotopic (exact) mass is 479 g/mol. The Morgan fingerprint density at radius 3 is 2.33 bits per heavy atom. The van der Waals surface area contributed by atoms with Crippen LogP contribution in [0.4, 0.5) is 13.2 Å². The Hall–Kier alpha value is -3.10. The molecule has 1 aromatic heterocycles. The molecule has 9 heteroatoms. The summed E-state index contributed by atoms with van der Waals surface area (Å²) >= 11 is 6.30. The van der Waals surface area contributed by atoms with Gasteiger partial charge < -0.3 is 14.9 Å². The molecule has 0 aliphatic rings. The summed E-state index contributed by atoms with van der Waals surface area (Å²) in [6.07, 6.45) is -3.75. The highest BCUT2D eigenvalue weighted by Gasteiger charge is 2.59. The molecule has 2 N–H and O–H groups in total. The summed E-state index contributed by atoms with van der Waals surface area (Å²) in [4.78, 5) is 14.8. The molecule has 2 unspecified atom stereocenters. The third-order valence-electron chi connectivity index (χ3n) is 5.44. The molecule has 2 atom stereocenters. The van der Waals surface area contributed by atoms with Crippen molar-refractivity contribution in [3.05, 3.63) is 93.8 Å². The Balaban J connectivity index is 1.84. The summed E-state index contributed by atoms with van der Waals surface area (Å²) < 4.78 is 47.9. The highest BCUT2D eigenvalue weighted by Crippen LogP contribution is 2.50. The van der Waals surface area contributed by atoms with Gasteiger partial charge >= 0.3 is 12.1 Å². The van der Waals surface area contributed by atoms with Gasteiger partial charge in [-0.15, -0.1) is 0 Å². The second-order valence-corrected chi connectivity index (χ2v) is 8.05. The zero-order valence-electron chi connectivity index (χ0n) is 17.7. The fraction of sp³-hybridized carbons (Fsp3) is 0.250. The van der Waals surface area contributed by atoms with E-state index in [9.17, 15) is 23.1 Å². The lowest BCUT2D eigenvalue weighted by Gasteiger charge is -2.37. The second kappa shape index (κ2) is 9.41. The van der Waals surface area contributed by atoms with E-state index < -0.39 is 23.7 Å². The van der Waals surface area contributed by atoms with Crippen molar-refractivity contribution in [2.45, 2.75) is 38.1 Å². The molecule has 0 spiro atoms. The van der Waals surface area contributed by atoms with Crippen molar-refractivity contribution >= 4 is 17.6 Å². The molecule has 3 rings (SSSR count). The number of rotatable bonds is 7. The Bertz CT molecular complexity index is 1150. The topological polar surface area (TPSA) is 79.7 Å². The molecule has 1 heterocycles. The van der Waals surface area contributed by atoms with Crippen LogP contribution >= 0.6 is 11.6 Å². The molecule has 0 saturated carbocycles. The fourth-order valence-electron chi connectivity index (χ4n) is 3.53. The molecule has 2 aromatic carbocycles. The molecule has 0 amide bonds. The Morgan fingerprint density at radius 2 is 1.79 bits per heavy atom. The van der Waals surface area contributed by atoms with E-state index in [4.69, 9.17) is 21.4 Å². The van der Waals surface area contributed by atoms with Crippen molar-refractivity contribution < 1.29 is 32.9 Å². The largest absolute Gasteiger partial charge is 0.489 e. The number of carboxylic acid groups (broad SMARTS) is 1. The molecule has 0 saturated heterocycles. The zero-order chi connectivity index (χ0) is 24.4. The van der Waals surface area contributed by atoms with Gasteiger partial charge in [0.25, 0.3) is 0 Å². The van der Waals surface area contributed by atoms with Gasteiger partial charge in [0, 0.05) is 22.8 Å². The standard InChI is InChI=1S/C24H21ClF3NO4/c1-14-11-18(9-10-29-14)23(32,24(26,27)28)15(2)20-8-7-19(12-21(20)25)33-13-16-3-5-17(6-4-16)22(30)31/h3-12,15,32H,13H2,1-2H3,(H,30,31). The van der Waals surface area contributed by atoms with Gasteiger partial charge in [-0.3, -0.25) is 4.98 Å². The summed E-state index contributed by atoms with van der Waals surface area (Å²) in [5.74, 6) is -2.15. The minimum Gasteiger partial charge on any atom is -0.489 e. The van der Waals surface area contributed by atoms with E-state index in [1.807, 2.05) is 0 Å². The van der Waals surface area contributed by atoms with Gasteiger partial charge in [-0.2, -0.15) is 13.2 Å². The highest BCUT2D eigenvalue weighted by atomic mass is 35.5. The number of ether oxygens (including phenoxy) is 1. The van der Waals surface area contributed by atoms with Crippen molar-refractivity contribution in [1.29, 1.82) is 0 Å². The first-order chi connectivity index (χ1) is 15.4. The average molecular weight is 480 g/mol. The summed E-state index contributed by atoms with van der Waals surface area (Å²) in [5, 5.41) is 19.8. The minimum absolute atomic E-state index is 0.00896. The van der Waals surface area contributed by atoms with Gasteiger partial charge in [0.1, 0.15) is 12.4 Å². The van der Waals surface area contributed by atoms with Crippen LogP contribution in [-0.2, 0) is 12.2 Å². The lowest BCUT2D eigenvalue weighted by Crippen LogP contribution is -2.46. The number of aromatic carboxylic acids is 1. The molecular formula is C24H21ClF3NO4. The lowest BCUT2D eigenvalue weighted by atomic mass is 9.78. The number of benzene rings is 2. The maximum atomic E-state index is 14.1. The molecule has 3 aromatic rings. The van der Waals surface area contributed by atoms with Crippen LogP contribution in [0.15, 0.2) is 60.8 Å². The molecular weight excluding hydrogens is 459 g/mol. The van der Waals surface area contributed by atoms with E-state index in [-0.39, 0.29) is 28.3 Å². The number of halogens is 4. The SMILES string of the molecule is Cc1cc(C(O)(C(C)c2ccc(OCc3ccc(C(=O)O)cc3)cc2Cl)C(F)(F)F)ccn1. The molecule has 0 radical (unpaired) electrons. The van der Waals surface area contributed by atoms with Crippen LogP contribution in [0.5, 0.6) is 5.75 Å². The number of aryl methyl sites for hydroxylation is 1. The Labute approximate surface area is 193 Å². The molecule has 0 aliphatic heterocycles. The summed E-state index contributed by atoms with van der Waals surface area (Å²) in [5.41, 5.74) is -2.22. The average Bonchev–Trinajstić information content (AvgIpc) is 2.76. The van der Waals surface area contributed by atoms with Crippen LogP contribution in [-0.4, -0.2) is 27.3 Å². The summed E-state index contributed by atoms with van der Waals surface area (Å²) in [6.45, 7) is 2.90. The third-order valence-corrected chi connectivity index (χ3v) is 5.77. The quantitative estimate of drug-likeness (QED) is 0.442. The lowest BCUT2D eigenvalue weighted by molar-refractivity contribution is -0.274. The fourth-order valence-corrected chi connectivity index (χ4v) is 3.86. The first-order valence-corrected chi connectivity index (χ1v) is 10.3. The van der Waals surface area contributed by atoms with Crippen LogP contribution in [0.2, 0.25) is 5.02 Å². The first-order valence-electron chi connectivity index (χ1n) is 9.90. The summed E-state index contributed by atoms with van der Waals surface area (Å²) in [6, 6.07) is 12.7. The van der Waals surface area contributed by atoms with Crippen molar-refractivity contribution in [1.82, 2.24) is 4.98 Å². The van der Waals surface area contributed by atoms with E-state index in [0.717, 1.165) is 6.07 Å². The number of aromatic nitrogens is 1. The predicted molar refractivity (Wildman–Crippen MR) is 117 cm³/mol. The molecule has 0 aliphatic carbocycles. The van der Waals surface area contributed by atoms with Crippen LogP contribution in [0.1, 0.15) is 45.6 Å². The number of carbonyl (C=O) groups is 1. The van der Waals surface area contributed by atoms with Gasteiger partial charge in [0.05, 0.1) is 5.56 Å². The van der Waals surface area contributed by atoms with Crippen LogP contribution in [0.3, 0.4) is 0 Å². The third kappa shape index (κ3) is 5.12. The molecule has 0 fully saturated rings. The Morgan fingerprint density at radius 1 is 1.12 bits per heavy atom. The van der Waals surface area contributed by atoms with E-state index in [0.29, 0.717) is 17.0 Å². The normalized spacial score (nSPS) is 14.4. The van der Waals surface area contributed by atoms with Crippen molar-refractivity contribution in [3.63, 3.8) is 0 Å². The van der Waals surface area contributed by atoms with Crippen LogP contribution in [0.25, 0.3) is 0 Å². The molecule has 174 valence electrons. The number of hydrogen-bond acceptors (Lipinski definition) is 4. The van der Waals surface area contributed by atoms with Gasteiger partial charge in [-0.1, -0.05) is 36.7 Å². The number of carboxylic acids is 1. The van der Waals surface area contributed by atoms with E-state index in [1.165, 1.54) is 49.5 Å². The smallest absolute Gasteiger partial charge is 0.422 e. The number of hydrogen-bond donors (Lipinski definition) is 2. The van der Waals surface area contributed by atoms with Crippen molar-refractivity contribution in [2.24, 2.45) is 0 Å². The maximum Gasteiger partial charge on any atom is 0.422 e. The Kier molecular flexibility index (Phi) is 7.00. The number of aliphatic hydroxyl groups is 1. The van der Waals surface area contributed by atoms with E-state index in [2.05, 4.69) is 4.98 Å². The molecule has 0 bridgehead atoms. The number of alkyl halides is 3. The van der Waals surface area contributed by atoms with Crippen molar-refractivity contribution in [3.8, 4) is 5.75 Å². The summed E-state index contributed by atoms with van der Waals surface area (Å²) in [7, 11) is 0. The first kappa shape index (κ1) is 24.5. The van der Waals surface area contributed by atoms with Gasteiger partial charge in [-0.05, 0) is 60.0 Å². The number of nitrogens with zero attached hydrogens (tertiary/aromatic N) is 1. The van der Waals surface area contributed by atoms with E-state index in [1.54, 1.807) is 19.1 Å². The maximum absolute atomic E-state index is 14.1. The highest BCUT2D eigenvalue weighted by molar-refractivity contribution is 6.31. The number of pyridine rings is 1. The van der Waals surface area contributed by atoms with Crippen molar-refractivity contribution in [2.75, 3.05) is 0 Å². The predicted octanol–water partition coefficient (Wildman–Crippen LogP) is 5.87. The molecule has 5 nitrogen and oxygen atoms in total.